The lowest BCUT2D eigenvalue weighted by atomic mass is 9.90. The number of thioether (sulfide) groups is 1. The van der Waals surface area contributed by atoms with E-state index in [1.807, 2.05) is 32.5 Å². The minimum atomic E-state index is -0.315. The quantitative estimate of drug-likeness (QED) is 0.679. The molecule has 0 bridgehead atoms. The van der Waals surface area contributed by atoms with Gasteiger partial charge < -0.3 is 4.74 Å². The molecule has 0 saturated carbocycles. The summed E-state index contributed by atoms with van der Waals surface area (Å²) >= 11 is 1.95. The molecule has 0 aromatic heterocycles. The summed E-state index contributed by atoms with van der Waals surface area (Å²) < 4.78 is 5.49. The minimum absolute atomic E-state index is 0.0306. The van der Waals surface area contributed by atoms with E-state index < -0.39 is 0 Å². The summed E-state index contributed by atoms with van der Waals surface area (Å²) in [6.07, 6.45) is 3.06. The monoisotopic (exact) mass is 216 g/mol. The number of carbonyl (C=O) groups excluding carboxylic acids is 1. The van der Waals surface area contributed by atoms with Crippen molar-refractivity contribution in [3.05, 3.63) is 0 Å². The molecule has 1 aliphatic rings. The van der Waals surface area contributed by atoms with Gasteiger partial charge in [0, 0.05) is 0 Å². The van der Waals surface area contributed by atoms with E-state index >= 15 is 0 Å². The fourth-order valence-corrected chi connectivity index (χ4v) is 2.31. The third-order valence-electron chi connectivity index (χ3n) is 2.88. The van der Waals surface area contributed by atoms with Crippen molar-refractivity contribution in [3.63, 3.8) is 0 Å². The first kappa shape index (κ1) is 11.9. The van der Waals surface area contributed by atoms with E-state index in [0.29, 0.717) is 0 Å². The number of hydrogen-bond acceptors (Lipinski definition) is 3. The average Bonchev–Trinajstić information content (AvgIpc) is 2.19. The van der Waals surface area contributed by atoms with E-state index in [0.717, 1.165) is 30.8 Å². The second-order valence-electron chi connectivity index (χ2n) is 4.45. The first-order valence-corrected chi connectivity index (χ1v) is 6.50. The molecule has 3 heteroatoms. The van der Waals surface area contributed by atoms with E-state index in [1.165, 1.54) is 0 Å². The van der Waals surface area contributed by atoms with E-state index in [1.54, 1.807) is 0 Å². The highest BCUT2D eigenvalue weighted by Gasteiger charge is 2.29. The van der Waals surface area contributed by atoms with Gasteiger partial charge in [-0.25, -0.2) is 0 Å². The van der Waals surface area contributed by atoms with Gasteiger partial charge in [-0.15, -0.1) is 0 Å². The maximum absolute atomic E-state index is 11.7. The molecule has 1 aliphatic heterocycles. The molecule has 2 nitrogen and oxygen atoms in total. The second kappa shape index (κ2) is 5.06. The number of rotatable bonds is 3. The third kappa shape index (κ3) is 3.19. The highest BCUT2D eigenvalue weighted by atomic mass is 32.2. The van der Waals surface area contributed by atoms with Gasteiger partial charge in [-0.1, -0.05) is 6.92 Å². The summed E-state index contributed by atoms with van der Waals surface area (Å²) in [7, 11) is 0. The minimum Gasteiger partial charge on any atom is -0.462 e. The van der Waals surface area contributed by atoms with Crippen LogP contribution in [0.15, 0.2) is 0 Å². The van der Waals surface area contributed by atoms with Crippen molar-refractivity contribution in [2.45, 2.75) is 46.1 Å². The van der Waals surface area contributed by atoms with Gasteiger partial charge in [0.1, 0.15) is 6.10 Å². The van der Waals surface area contributed by atoms with Gasteiger partial charge in [0.2, 0.25) is 0 Å². The summed E-state index contributed by atoms with van der Waals surface area (Å²) in [5.41, 5.74) is -0.315. The van der Waals surface area contributed by atoms with Gasteiger partial charge in [0.25, 0.3) is 0 Å². The molecular formula is C11H20O2S. The molecule has 0 aromatic rings. The van der Waals surface area contributed by atoms with Crippen LogP contribution in [0.2, 0.25) is 0 Å². The first-order chi connectivity index (χ1) is 6.56. The van der Waals surface area contributed by atoms with Crippen molar-refractivity contribution in [2.75, 3.05) is 11.5 Å². The molecule has 1 fully saturated rings. The lowest BCUT2D eigenvalue weighted by Crippen LogP contribution is -2.31. The van der Waals surface area contributed by atoms with E-state index in [9.17, 15) is 4.79 Å². The van der Waals surface area contributed by atoms with Crippen LogP contribution in [0, 0.1) is 5.41 Å². The maximum atomic E-state index is 11.7. The van der Waals surface area contributed by atoms with Crippen LogP contribution in [0.5, 0.6) is 0 Å². The Balaban J connectivity index is 2.39. The molecule has 0 spiro atoms. The van der Waals surface area contributed by atoms with Crippen LogP contribution in [0.1, 0.15) is 40.0 Å². The van der Waals surface area contributed by atoms with Crippen LogP contribution in [0.25, 0.3) is 0 Å². The molecule has 0 amide bonds. The number of esters is 1. The van der Waals surface area contributed by atoms with Crippen LogP contribution in [-0.2, 0) is 9.53 Å². The van der Waals surface area contributed by atoms with Gasteiger partial charge >= 0.3 is 5.97 Å². The van der Waals surface area contributed by atoms with E-state index in [2.05, 4.69) is 0 Å². The largest absolute Gasteiger partial charge is 0.462 e. The first-order valence-electron chi connectivity index (χ1n) is 5.35. The molecule has 14 heavy (non-hydrogen) atoms. The number of carbonyl (C=O) groups is 1. The lowest BCUT2D eigenvalue weighted by molar-refractivity contribution is -0.160. The standard InChI is InChI=1S/C11H20O2S/c1-4-11(2,3)10(12)13-9-5-7-14-8-6-9/h9H,4-8H2,1-3H3. The smallest absolute Gasteiger partial charge is 0.311 e. The molecule has 0 N–H and O–H groups in total. The molecule has 0 aliphatic carbocycles. The zero-order valence-electron chi connectivity index (χ0n) is 9.34. The summed E-state index contributed by atoms with van der Waals surface area (Å²) in [5, 5.41) is 0. The van der Waals surface area contributed by atoms with Crippen LogP contribution in [0.4, 0.5) is 0 Å². The summed E-state index contributed by atoms with van der Waals surface area (Å²) in [4.78, 5) is 11.7. The van der Waals surface area contributed by atoms with Crippen molar-refractivity contribution in [1.82, 2.24) is 0 Å². The van der Waals surface area contributed by atoms with Crippen LogP contribution in [0.3, 0.4) is 0 Å². The van der Waals surface area contributed by atoms with Crippen molar-refractivity contribution < 1.29 is 9.53 Å². The average molecular weight is 216 g/mol. The Morgan fingerprint density at radius 1 is 1.43 bits per heavy atom. The van der Waals surface area contributed by atoms with E-state index in [-0.39, 0.29) is 17.5 Å². The zero-order chi connectivity index (χ0) is 10.6. The Morgan fingerprint density at radius 3 is 2.50 bits per heavy atom. The SMILES string of the molecule is CCC(C)(C)C(=O)OC1CCSCC1. The number of hydrogen-bond donors (Lipinski definition) is 0. The fourth-order valence-electron chi connectivity index (χ4n) is 1.25. The Bertz CT molecular complexity index is 195. The van der Waals surface area contributed by atoms with Crippen LogP contribution >= 0.6 is 11.8 Å². The molecule has 1 heterocycles. The summed E-state index contributed by atoms with van der Waals surface area (Å²) in [6, 6.07) is 0. The molecule has 1 saturated heterocycles. The molecule has 1 rings (SSSR count). The Kier molecular flexibility index (Phi) is 4.30. The molecule has 0 aromatic carbocycles. The Hall–Kier alpha value is -0.180. The third-order valence-corrected chi connectivity index (χ3v) is 3.93. The van der Waals surface area contributed by atoms with Gasteiger partial charge in [-0.2, -0.15) is 11.8 Å². The van der Waals surface area contributed by atoms with Crippen molar-refractivity contribution >= 4 is 17.7 Å². The normalized spacial score (nSPS) is 19.4. The van der Waals surface area contributed by atoms with Crippen molar-refractivity contribution in [3.8, 4) is 0 Å². The molecule has 0 radical (unpaired) electrons. The van der Waals surface area contributed by atoms with Gasteiger partial charge in [-0.3, -0.25) is 4.79 Å². The zero-order valence-corrected chi connectivity index (χ0v) is 10.2. The second-order valence-corrected chi connectivity index (χ2v) is 5.68. The molecule has 0 unspecified atom stereocenters. The molecule has 82 valence electrons. The predicted molar refractivity (Wildman–Crippen MR) is 60.5 cm³/mol. The van der Waals surface area contributed by atoms with Gasteiger partial charge in [0.15, 0.2) is 0 Å². The molecule has 0 atom stereocenters. The van der Waals surface area contributed by atoms with Gasteiger partial charge in [0.05, 0.1) is 5.41 Å². The summed E-state index contributed by atoms with van der Waals surface area (Å²) in [5.74, 6) is 2.23. The van der Waals surface area contributed by atoms with Crippen molar-refractivity contribution in [1.29, 1.82) is 0 Å². The van der Waals surface area contributed by atoms with Crippen LogP contribution in [-0.4, -0.2) is 23.6 Å². The summed E-state index contributed by atoms with van der Waals surface area (Å²) in [6.45, 7) is 5.93. The lowest BCUT2D eigenvalue weighted by Gasteiger charge is -2.27. The maximum Gasteiger partial charge on any atom is 0.311 e. The topological polar surface area (TPSA) is 26.3 Å². The Labute approximate surface area is 90.8 Å². The van der Waals surface area contributed by atoms with Crippen molar-refractivity contribution in [2.24, 2.45) is 5.41 Å². The Morgan fingerprint density at radius 2 is 2.00 bits per heavy atom. The number of ether oxygens (including phenoxy) is 1. The fraction of sp³-hybridized carbons (Fsp3) is 0.909. The van der Waals surface area contributed by atoms with Crippen LogP contribution < -0.4 is 0 Å². The van der Waals surface area contributed by atoms with E-state index in [4.69, 9.17) is 4.74 Å². The van der Waals surface area contributed by atoms with Gasteiger partial charge in [-0.05, 0) is 44.6 Å². The highest BCUT2D eigenvalue weighted by Crippen LogP contribution is 2.26. The molecular weight excluding hydrogens is 196 g/mol. The predicted octanol–water partition coefficient (Wildman–Crippen LogP) is 2.86. The highest BCUT2D eigenvalue weighted by molar-refractivity contribution is 7.99.